The number of nitrogens with zero attached hydrogens (tertiary/aromatic N) is 3. The average Bonchev–Trinajstić information content (AvgIpc) is 3.07. The summed E-state index contributed by atoms with van der Waals surface area (Å²) in [6.45, 7) is 2.26. The number of likely N-dealkylation sites (tertiary alicyclic amines) is 1. The lowest BCUT2D eigenvalue weighted by Gasteiger charge is -2.31. The Hall–Kier alpha value is -0.920. The van der Waals surface area contributed by atoms with Crippen LogP contribution in [0, 0.1) is 0 Å². The first-order valence-corrected chi connectivity index (χ1v) is 9.81. The van der Waals surface area contributed by atoms with Crippen LogP contribution < -0.4 is 5.14 Å². The van der Waals surface area contributed by atoms with E-state index >= 15 is 0 Å². The van der Waals surface area contributed by atoms with E-state index in [1.54, 1.807) is 0 Å². The lowest BCUT2D eigenvalue weighted by Crippen LogP contribution is -2.44. The van der Waals surface area contributed by atoms with Gasteiger partial charge in [-0.15, -0.1) is 0 Å². The molecular weight excluding hydrogens is 300 g/mol. The van der Waals surface area contributed by atoms with Gasteiger partial charge in [-0.2, -0.15) is 5.10 Å². The number of rotatable bonds is 4. The Bertz CT molecular complexity index is 619. The highest BCUT2D eigenvalue weighted by Crippen LogP contribution is 2.35. The van der Waals surface area contributed by atoms with Crippen LogP contribution in [-0.2, 0) is 23.6 Å². The van der Waals surface area contributed by atoms with Crippen molar-refractivity contribution in [3.63, 3.8) is 0 Å². The number of aryl methyl sites for hydroxylation is 1. The summed E-state index contributed by atoms with van der Waals surface area (Å²) < 4.78 is 25.1. The number of hydrogen-bond acceptors (Lipinski definition) is 4. The van der Waals surface area contributed by atoms with Gasteiger partial charge >= 0.3 is 0 Å². The second kappa shape index (κ2) is 6.29. The van der Waals surface area contributed by atoms with Crippen LogP contribution in [0.2, 0.25) is 0 Å². The Morgan fingerprint density at radius 2 is 2.00 bits per heavy atom. The maximum absolute atomic E-state index is 11.6. The molecule has 3 rings (SSSR count). The molecular formula is C15H26N4O2S. The minimum absolute atomic E-state index is 0.423. The van der Waals surface area contributed by atoms with Gasteiger partial charge in [-0.3, -0.25) is 9.58 Å². The Kier molecular flexibility index (Phi) is 4.56. The molecule has 6 nitrogen and oxygen atoms in total. The fourth-order valence-electron chi connectivity index (χ4n) is 3.89. The highest BCUT2D eigenvalue weighted by molar-refractivity contribution is 7.89. The molecule has 0 bridgehead atoms. The Labute approximate surface area is 132 Å². The number of piperidine rings is 1. The zero-order valence-corrected chi connectivity index (χ0v) is 14.1. The summed E-state index contributed by atoms with van der Waals surface area (Å²) in [6, 6.07) is 0. The average molecular weight is 326 g/mol. The standard InChI is InChI=1S/C15H26N4O2S/c1-18-9-13(15(17-18)12-5-2-3-6-12)10-19-8-4-7-14(11-19)22(16,20)21/h9,12,14H,2-8,10-11H2,1H3,(H2,16,20,21). The third kappa shape index (κ3) is 3.52. The molecule has 1 unspecified atom stereocenters. The largest absolute Gasteiger partial charge is 0.298 e. The van der Waals surface area contributed by atoms with Crippen LogP contribution in [0.5, 0.6) is 0 Å². The van der Waals surface area contributed by atoms with Gasteiger partial charge in [0.2, 0.25) is 10.0 Å². The van der Waals surface area contributed by atoms with E-state index < -0.39 is 15.3 Å². The number of aromatic nitrogens is 2. The predicted octanol–water partition coefficient (Wildman–Crippen LogP) is 1.33. The zero-order valence-electron chi connectivity index (χ0n) is 13.2. The van der Waals surface area contributed by atoms with E-state index in [2.05, 4.69) is 16.2 Å². The quantitative estimate of drug-likeness (QED) is 0.905. The monoisotopic (exact) mass is 326 g/mol. The first-order valence-electron chi connectivity index (χ1n) is 8.20. The van der Waals surface area contributed by atoms with Crippen molar-refractivity contribution in [2.45, 2.75) is 56.2 Å². The van der Waals surface area contributed by atoms with Gasteiger partial charge in [0.1, 0.15) is 0 Å². The topological polar surface area (TPSA) is 81.2 Å². The van der Waals surface area contributed by atoms with Gasteiger partial charge in [-0.1, -0.05) is 12.8 Å². The van der Waals surface area contributed by atoms with Gasteiger partial charge < -0.3 is 0 Å². The summed E-state index contributed by atoms with van der Waals surface area (Å²) in [7, 11) is -1.47. The molecule has 124 valence electrons. The lowest BCUT2D eigenvalue weighted by molar-refractivity contribution is 0.221. The predicted molar refractivity (Wildman–Crippen MR) is 85.8 cm³/mol. The van der Waals surface area contributed by atoms with Gasteiger partial charge in [0.25, 0.3) is 0 Å². The highest BCUT2D eigenvalue weighted by Gasteiger charge is 2.29. The molecule has 0 amide bonds. The third-order valence-electron chi connectivity index (χ3n) is 5.00. The van der Waals surface area contributed by atoms with Crippen molar-refractivity contribution in [2.75, 3.05) is 13.1 Å². The van der Waals surface area contributed by atoms with Gasteiger partial charge in [-0.25, -0.2) is 13.6 Å². The smallest absolute Gasteiger partial charge is 0.213 e. The van der Waals surface area contributed by atoms with E-state index in [0.717, 1.165) is 19.5 Å². The van der Waals surface area contributed by atoms with Crippen molar-refractivity contribution in [1.29, 1.82) is 0 Å². The van der Waals surface area contributed by atoms with Crippen molar-refractivity contribution in [2.24, 2.45) is 12.2 Å². The first kappa shape index (κ1) is 16.0. The molecule has 1 aromatic heterocycles. The molecule has 0 aromatic carbocycles. The van der Waals surface area contributed by atoms with Crippen LogP contribution in [0.25, 0.3) is 0 Å². The SMILES string of the molecule is Cn1cc(CN2CCCC(S(N)(=O)=O)C2)c(C2CCCC2)n1. The molecule has 2 N–H and O–H groups in total. The molecule has 1 aromatic rings. The van der Waals surface area contributed by atoms with Crippen LogP contribution in [0.3, 0.4) is 0 Å². The van der Waals surface area contributed by atoms with Crippen LogP contribution in [-0.4, -0.2) is 41.4 Å². The minimum atomic E-state index is -3.43. The number of hydrogen-bond donors (Lipinski definition) is 1. The van der Waals surface area contributed by atoms with Crippen molar-refractivity contribution in [3.8, 4) is 0 Å². The van der Waals surface area contributed by atoms with Gasteiger partial charge in [0.15, 0.2) is 0 Å². The summed E-state index contributed by atoms with van der Waals surface area (Å²) in [4.78, 5) is 2.22. The molecule has 1 saturated heterocycles. The fourth-order valence-corrected chi connectivity index (χ4v) is 4.80. The first-order chi connectivity index (χ1) is 10.4. The number of sulfonamides is 1. The molecule has 0 spiro atoms. The summed E-state index contributed by atoms with van der Waals surface area (Å²) >= 11 is 0. The van der Waals surface area contributed by atoms with Gasteiger partial charge in [0.05, 0.1) is 10.9 Å². The van der Waals surface area contributed by atoms with Crippen molar-refractivity contribution in [3.05, 3.63) is 17.5 Å². The Morgan fingerprint density at radius 3 is 2.68 bits per heavy atom. The molecule has 22 heavy (non-hydrogen) atoms. The van der Waals surface area contributed by atoms with E-state index in [0.29, 0.717) is 18.9 Å². The van der Waals surface area contributed by atoms with Crippen LogP contribution >= 0.6 is 0 Å². The summed E-state index contributed by atoms with van der Waals surface area (Å²) in [6.07, 6.45) is 8.69. The second-order valence-corrected chi connectivity index (χ2v) is 8.63. The second-order valence-electron chi connectivity index (χ2n) is 6.78. The van der Waals surface area contributed by atoms with Gasteiger partial charge in [-0.05, 0) is 32.2 Å². The summed E-state index contributed by atoms with van der Waals surface area (Å²) in [5, 5.41) is 9.58. The third-order valence-corrected chi connectivity index (χ3v) is 6.31. The Morgan fingerprint density at radius 1 is 1.27 bits per heavy atom. The van der Waals surface area contributed by atoms with Gasteiger partial charge in [0, 0.05) is 37.8 Å². The number of nitrogens with two attached hydrogens (primary N) is 1. The van der Waals surface area contributed by atoms with Crippen LogP contribution in [0.4, 0.5) is 0 Å². The van der Waals surface area contributed by atoms with E-state index in [1.807, 2.05) is 11.7 Å². The molecule has 1 atom stereocenters. The lowest BCUT2D eigenvalue weighted by atomic mass is 9.99. The van der Waals surface area contributed by atoms with Crippen molar-refractivity contribution in [1.82, 2.24) is 14.7 Å². The molecule has 2 fully saturated rings. The maximum Gasteiger partial charge on any atom is 0.213 e. The van der Waals surface area contributed by atoms with Crippen LogP contribution in [0.15, 0.2) is 6.20 Å². The molecule has 2 aliphatic rings. The molecule has 7 heteroatoms. The summed E-state index contributed by atoms with van der Waals surface area (Å²) in [5.74, 6) is 0.579. The molecule has 2 heterocycles. The maximum atomic E-state index is 11.6. The zero-order chi connectivity index (χ0) is 15.7. The van der Waals surface area contributed by atoms with E-state index in [9.17, 15) is 8.42 Å². The number of primary sulfonamides is 1. The van der Waals surface area contributed by atoms with Crippen molar-refractivity contribution < 1.29 is 8.42 Å². The minimum Gasteiger partial charge on any atom is -0.298 e. The summed E-state index contributed by atoms with van der Waals surface area (Å²) in [5.41, 5.74) is 2.47. The van der Waals surface area contributed by atoms with Crippen LogP contribution in [0.1, 0.15) is 55.7 Å². The molecule has 0 radical (unpaired) electrons. The van der Waals surface area contributed by atoms with E-state index in [1.165, 1.54) is 36.9 Å². The van der Waals surface area contributed by atoms with Crippen molar-refractivity contribution >= 4 is 10.0 Å². The molecule has 1 aliphatic heterocycles. The highest BCUT2D eigenvalue weighted by atomic mass is 32.2. The fraction of sp³-hybridized carbons (Fsp3) is 0.800. The van der Waals surface area contributed by atoms with E-state index in [-0.39, 0.29) is 0 Å². The Balaban J connectivity index is 1.73. The van der Waals surface area contributed by atoms with E-state index in [4.69, 9.17) is 5.14 Å². The molecule has 1 saturated carbocycles. The molecule has 1 aliphatic carbocycles. The normalized spacial score (nSPS) is 24.9.